The highest BCUT2D eigenvalue weighted by molar-refractivity contribution is 7.80. The Morgan fingerprint density at radius 1 is 1.42 bits per heavy atom. The van der Waals surface area contributed by atoms with E-state index in [9.17, 15) is 4.79 Å². The number of thiocarbonyl (C=S) groups is 1. The Kier molecular flexibility index (Phi) is 4.12. The summed E-state index contributed by atoms with van der Waals surface area (Å²) in [6.45, 7) is 0.353. The SMILES string of the molecule is O=C1C(=Cc2csc(C3CC3)n2)NC(=S)N1Cc1ccccc1Cl. The van der Waals surface area contributed by atoms with Crippen LogP contribution in [0.15, 0.2) is 35.3 Å². The van der Waals surface area contributed by atoms with E-state index >= 15 is 0 Å². The van der Waals surface area contributed by atoms with Gasteiger partial charge in [0.2, 0.25) is 0 Å². The molecule has 2 aliphatic rings. The number of halogens is 1. The molecule has 0 unspecified atom stereocenters. The maximum Gasteiger partial charge on any atom is 0.276 e. The van der Waals surface area contributed by atoms with Crippen LogP contribution in [-0.2, 0) is 11.3 Å². The van der Waals surface area contributed by atoms with Crippen LogP contribution in [0.2, 0.25) is 5.02 Å². The highest BCUT2D eigenvalue weighted by atomic mass is 35.5. The molecule has 7 heteroatoms. The van der Waals surface area contributed by atoms with Crippen molar-refractivity contribution in [3.05, 3.63) is 56.6 Å². The molecule has 0 atom stereocenters. The Balaban J connectivity index is 1.54. The first-order chi connectivity index (χ1) is 11.6. The van der Waals surface area contributed by atoms with Gasteiger partial charge in [-0.2, -0.15) is 0 Å². The number of rotatable bonds is 4. The monoisotopic (exact) mass is 375 g/mol. The summed E-state index contributed by atoms with van der Waals surface area (Å²) < 4.78 is 0. The van der Waals surface area contributed by atoms with Crippen molar-refractivity contribution in [1.82, 2.24) is 15.2 Å². The van der Waals surface area contributed by atoms with Gasteiger partial charge in [0.25, 0.3) is 5.91 Å². The molecule has 1 aromatic heterocycles. The van der Waals surface area contributed by atoms with Crippen LogP contribution in [-0.4, -0.2) is 20.9 Å². The zero-order valence-corrected chi connectivity index (χ0v) is 15.0. The van der Waals surface area contributed by atoms with Crippen molar-refractivity contribution in [3.63, 3.8) is 0 Å². The molecule has 0 bridgehead atoms. The molecule has 1 N–H and O–H groups in total. The zero-order valence-electron chi connectivity index (χ0n) is 12.7. The van der Waals surface area contributed by atoms with Crippen molar-refractivity contribution in [1.29, 1.82) is 0 Å². The van der Waals surface area contributed by atoms with Crippen LogP contribution in [0.25, 0.3) is 6.08 Å². The minimum absolute atomic E-state index is 0.152. The highest BCUT2D eigenvalue weighted by Gasteiger charge is 2.31. The van der Waals surface area contributed by atoms with E-state index in [0.29, 0.717) is 28.3 Å². The van der Waals surface area contributed by atoms with E-state index in [4.69, 9.17) is 23.8 Å². The summed E-state index contributed by atoms with van der Waals surface area (Å²) in [5.74, 6) is 0.466. The minimum atomic E-state index is -0.152. The fourth-order valence-electron chi connectivity index (χ4n) is 2.54. The van der Waals surface area contributed by atoms with E-state index in [1.54, 1.807) is 23.5 Å². The molecular weight excluding hydrogens is 362 g/mol. The normalized spacial score (nSPS) is 19.2. The van der Waals surface area contributed by atoms with Gasteiger partial charge in [-0.05, 0) is 42.8 Å². The van der Waals surface area contributed by atoms with Crippen LogP contribution in [0.3, 0.4) is 0 Å². The number of carbonyl (C=O) groups excluding carboxylic acids is 1. The van der Waals surface area contributed by atoms with Crippen LogP contribution >= 0.6 is 35.2 Å². The van der Waals surface area contributed by atoms with Gasteiger partial charge in [-0.1, -0.05) is 29.8 Å². The fraction of sp³-hybridized carbons (Fsp3) is 0.235. The molecule has 4 nitrogen and oxygen atoms in total. The molecule has 1 aliphatic heterocycles. The van der Waals surface area contributed by atoms with Crippen LogP contribution in [0, 0.1) is 0 Å². The van der Waals surface area contributed by atoms with Gasteiger partial charge >= 0.3 is 0 Å². The number of thiazole rings is 1. The molecule has 1 aromatic carbocycles. The average molecular weight is 376 g/mol. The number of amides is 1. The lowest BCUT2D eigenvalue weighted by Gasteiger charge is -2.14. The van der Waals surface area contributed by atoms with Gasteiger partial charge in [-0.3, -0.25) is 9.69 Å². The van der Waals surface area contributed by atoms with Crippen molar-refractivity contribution in [2.75, 3.05) is 0 Å². The molecular formula is C17H14ClN3OS2. The predicted molar refractivity (Wildman–Crippen MR) is 99.8 cm³/mol. The first kappa shape index (κ1) is 15.7. The molecule has 2 aromatic rings. The van der Waals surface area contributed by atoms with Crippen LogP contribution in [0.1, 0.15) is 35.0 Å². The van der Waals surface area contributed by atoms with Gasteiger partial charge in [0.05, 0.1) is 17.2 Å². The van der Waals surface area contributed by atoms with Crippen LogP contribution in [0.4, 0.5) is 0 Å². The van der Waals surface area contributed by atoms with Crippen molar-refractivity contribution in [2.45, 2.75) is 25.3 Å². The van der Waals surface area contributed by atoms with Crippen LogP contribution in [0.5, 0.6) is 0 Å². The molecule has 1 amide bonds. The zero-order chi connectivity index (χ0) is 16.7. The molecule has 4 rings (SSSR count). The minimum Gasteiger partial charge on any atom is -0.328 e. The molecule has 0 spiro atoms. The van der Waals surface area contributed by atoms with E-state index in [1.807, 2.05) is 23.6 Å². The van der Waals surface area contributed by atoms with Gasteiger partial charge in [-0.15, -0.1) is 11.3 Å². The smallest absolute Gasteiger partial charge is 0.276 e. The van der Waals surface area contributed by atoms with Gasteiger partial charge in [0, 0.05) is 16.3 Å². The second kappa shape index (κ2) is 6.27. The summed E-state index contributed by atoms with van der Waals surface area (Å²) in [7, 11) is 0. The maximum absolute atomic E-state index is 12.6. The van der Waals surface area contributed by atoms with Crippen molar-refractivity contribution < 1.29 is 4.79 Å². The van der Waals surface area contributed by atoms with Crippen molar-refractivity contribution >= 4 is 52.3 Å². The largest absolute Gasteiger partial charge is 0.328 e. The molecule has 0 radical (unpaired) electrons. The summed E-state index contributed by atoms with van der Waals surface area (Å²) in [6.07, 6.45) is 4.20. The quantitative estimate of drug-likeness (QED) is 0.649. The number of benzene rings is 1. The standard InChI is InChI=1S/C17H14ClN3OS2/c18-13-4-2-1-3-11(13)8-21-16(22)14(20-17(21)23)7-12-9-24-15(19-12)10-5-6-10/h1-4,7,9-10H,5-6,8H2,(H,20,23). The van der Waals surface area contributed by atoms with Crippen LogP contribution < -0.4 is 5.32 Å². The Morgan fingerprint density at radius 2 is 2.21 bits per heavy atom. The molecule has 24 heavy (non-hydrogen) atoms. The van der Waals surface area contributed by atoms with E-state index < -0.39 is 0 Å². The van der Waals surface area contributed by atoms with Crippen molar-refractivity contribution in [3.8, 4) is 0 Å². The summed E-state index contributed by atoms with van der Waals surface area (Å²) in [4.78, 5) is 18.7. The number of hydrogen-bond donors (Lipinski definition) is 1. The van der Waals surface area contributed by atoms with E-state index in [0.717, 1.165) is 16.3 Å². The number of aromatic nitrogens is 1. The third-order valence-electron chi connectivity index (χ3n) is 4.01. The Labute approximate surface area is 154 Å². The second-order valence-electron chi connectivity index (χ2n) is 5.86. The van der Waals surface area contributed by atoms with Gasteiger partial charge in [-0.25, -0.2) is 4.98 Å². The number of nitrogens with zero attached hydrogens (tertiary/aromatic N) is 2. The highest BCUT2D eigenvalue weighted by Crippen LogP contribution is 2.41. The molecule has 122 valence electrons. The first-order valence-corrected chi connectivity index (χ1v) is 9.32. The topological polar surface area (TPSA) is 45.2 Å². The summed E-state index contributed by atoms with van der Waals surface area (Å²) in [6, 6.07) is 7.45. The Bertz CT molecular complexity index is 857. The van der Waals surface area contributed by atoms with Crippen molar-refractivity contribution in [2.24, 2.45) is 0 Å². The van der Waals surface area contributed by atoms with Gasteiger partial charge < -0.3 is 5.32 Å². The molecule has 2 heterocycles. The summed E-state index contributed by atoms with van der Waals surface area (Å²) in [5.41, 5.74) is 2.13. The molecule has 2 fully saturated rings. The Morgan fingerprint density at radius 3 is 2.96 bits per heavy atom. The first-order valence-electron chi connectivity index (χ1n) is 7.65. The van der Waals surface area contributed by atoms with E-state index in [-0.39, 0.29) is 5.91 Å². The van der Waals surface area contributed by atoms with Gasteiger partial charge in [0.1, 0.15) is 5.70 Å². The lowest BCUT2D eigenvalue weighted by Crippen LogP contribution is -2.30. The molecule has 1 saturated carbocycles. The Hall–Kier alpha value is -1.76. The molecule has 1 aliphatic carbocycles. The average Bonchev–Trinajstić information content (AvgIpc) is 3.26. The van der Waals surface area contributed by atoms with E-state index in [2.05, 4.69) is 10.3 Å². The second-order valence-corrected chi connectivity index (χ2v) is 7.54. The number of nitrogens with one attached hydrogen (secondary N) is 1. The fourth-order valence-corrected chi connectivity index (χ4v) is 3.95. The summed E-state index contributed by atoms with van der Waals surface area (Å²) >= 11 is 13.1. The third-order valence-corrected chi connectivity index (χ3v) is 5.72. The summed E-state index contributed by atoms with van der Waals surface area (Å²) in [5, 5.41) is 7.14. The molecule has 1 saturated heterocycles. The lowest BCUT2D eigenvalue weighted by molar-refractivity contribution is -0.122. The third kappa shape index (κ3) is 3.09. The number of hydrogen-bond acceptors (Lipinski definition) is 4. The van der Waals surface area contributed by atoms with Gasteiger partial charge in [0.15, 0.2) is 5.11 Å². The maximum atomic E-state index is 12.6. The lowest BCUT2D eigenvalue weighted by atomic mass is 10.2. The predicted octanol–water partition coefficient (Wildman–Crippen LogP) is 3.93. The van der Waals surface area contributed by atoms with E-state index in [1.165, 1.54) is 17.7 Å². The number of carbonyl (C=O) groups is 1.